The van der Waals surface area contributed by atoms with Crippen molar-refractivity contribution in [2.24, 2.45) is 17.6 Å². The zero-order valence-corrected chi connectivity index (χ0v) is 20.4. The molecular formula is C27H34N2O6. The number of carbonyl (C=O) groups is 3. The van der Waals surface area contributed by atoms with Gasteiger partial charge >= 0.3 is 18.0 Å². The summed E-state index contributed by atoms with van der Waals surface area (Å²) in [5.74, 6) is -0.830. The largest absolute Gasteiger partial charge is 0.465 e. The van der Waals surface area contributed by atoms with Gasteiger partial charge in [0.05, 0.1) is 25.0 Å². The molecule has 3 N–H and O–H groups in total. The number of ether oxygens (including phenoxy) is 3. The average molecular weight is 483 g/mol. The van der Waals surface area contributed by atoms with Crippen molar-refractivity contribution < 1.29 is 28.6 Å². The van der Waals surface area contributed by atoms with E-state index in [1.807, 2.05) is 81.4 Å². The Balaban J connectivity index is 0.000000211. The Morgan fingerprint density at radius 3 is 1.80 bits per heavy atom. The van der Waals surface area contributed by atoms with Gasteiger partial charge in [0, 0.05) is 18.4 Å². The summed E-state index contributed by atoms with van der Waals surface area (Å²) in [4.78, 5) is 35.0. The number of benzene rings is 2. The molecule has 0 saturated carbocycles. The van der Waals surface area contributed by atoms with Gasteiger partial charge in [0.1, 0.15) is 5.60 Å². The number of rotatable bonds is 5. The topological polar surface area (TPSA) is 117 Å². The Kier molecular flexibility index (Phi) is 8.87. The molecule has 8 heteroatoms. The van der Waals surface area contributed by atoms with E-state index in [0.29, 0.717) is 26.3 Å². The Morgan fingerprint density at radius 1 is 0.886 bits per heavy atom. The van der Waals surface area contributed by atoms with E-state index in [9.17, 15) is 14.4 Å². The molecule has 35 heavy (non-hydrogen) atoms. The SMILES string of the molecule is CC(C)(C)OC(=O)NCC1COC(=O)C1c1ccccc1.NCC1COC(=O)C1c1ccccc1. The smallest absolute Gasteiger partial charge is 0.407 e. The quantitative estimate of drug-likeness (QED) is 0.496. The molecule has 2 aliphatic heterocycles. The maximum absolute atomic E-state index is 11.9. The molecule has 0 aliphatic carbocycles. The van der Waals surface area contributed by atoms with E-state index in [1.54, 1.807) is 0 Å². The lowest BCUT2D eigenvalue weighted by Crippen LogP contribution is -2.36. The lowest BCUT2D eigenvalue weighted by atomic mass is 9.88. The van der Waals surface area contributed by atoms with Gasteiger partial charge < -0.3 is 25.3 Å². The molecule has 0 bridgehead atoms. The van der Waals surface area contributed by atoms with Gasteiger partial charge in [-0.1, -0.05) is 60.7 Å². The fourth-order valence-electron chi connectivity index (χ4n) is 4.18. The highest BCUT2D eigenvalue weighted by molar-refractivity contribution is 5.81. The van der Waals surface area contributed by atoms with Crippen molar-refractivity contribution in [1.82, 2.24) is 5.32 Å². The van der Waals surface area contributed by atoms with Crippen LogP contribution in [0.1, 0.15) is 43.7 Å². The van der Waals surface area contributed by atoms with Crippen molar-refractivity contribution in [2.45, 2.75) is 38.2 Å². The van der Waals surface area contributed by atoms with Crippen LogP contribution < -0.4 is 11.1 Å². The second kappa shape index (κ2) is 11.8. The van der Waals surface area contributed by atoms with Crippen molar-refractivity contribution in [2.75, 3.05) is 26.3 Å². The second-order valence-corrected chi connectivity index (χ2v) is 9.68. The van der Waals surface area contributed by atoms with Gasteiger partial charge in [-0.2, -0.15) is 0 Å². The van der Waals surface area contributed by atoms with Crippen LogP contribution in [0.4, 0.5) is 4.79 Å². The number of amides is 1. The summed E-state index contributed by atoms with van der Waals surface area (Å²) < 4.78 is 15.3. The van der Waals surface area contributed by atoms with Crippen molar-refractivity contribution in [3.63, 3.8) is 0 Å². The molecule has 1 amide bonds. The Morgan fingerprint density at radius 2 is 1.34 bits per heavy atom. The van der Waals surface area contributed by atoms with E-state index >= 15 is 0 Å². The third-order valence-electron chi connectivity index (χ3n) is 5.86. The van der Waals surface area contributed by atoms with Crippen LogP contribution in [0.3, 0.4) is 0 Å². The van der Waals surface area contributed by atoms with Crippen LogP contribution in [0.15, 0.2) is 60.7 Å². The first-order chi connectivity index (χ1) is 16.7. The lowest BCUT2D eigenvalue weighted by molar-refractivity contribution is -0.140. The highest BCUT2D eigenvalue weighted by Crippen LogP contribution is 2.32. The third-order valence-corrected chi connectivity index (χ3v) is 5.86. The summed E-state index contributed by atoms with van der Waals surface area (Å²) in [5, 5.41) is 2.71. The van der Waals surface area contributed by atoms with Crippen molar-refractivity contribution in [3.05, 3.63) is 71.8 Å². The summed E-state index contributed by atoms with van der Waals surface area (Å²) in [5.41, 5.74) is 6.97. The monoisotopic (exact) mass is 482 g/mol. The minimum Gasteiger partial charge on any atom is -0.465 e. The number of esters is 2. The predicted octanol–water partition coefficient (Wildman–Crippen LogP) is 3.37. The van der Waals surface area contributed by atoms with E-state index in [1.165, 1.54) is 0 Å². The molecule has 2 aromatic rings. The Bertz CT molecular complexity index is 990. The van der Waals surface area contributed by atoms with Crippen LogP contribution in [0, 0.1) is 11.8 Å². The first kappa shape index (κ1) is 26.2. The van der Waals surface area contributed by atoms with Gasteiger partial charge in [-0.25, -0.2) is 4.79 Å². The molecule has 4 unspecified atom stereocenters. The molecule has 0 aromatic heterocycles. The zero-order valence-electron chi connectivity index (χ0n) is 20.4. The molecule has 0 radical (unpaired) electrons. The predicted molar refractivity (Wildman–Crippen MR) is 131 cm³/mol. The number of cyclic esters (lactones) is 2. The number of nitrogens with one attached hydrogen (secondary N) is 1. The number of hydrogen-bond acceptors (Lipinski definition) is 7. The average Bonchev–Trinajstić information content (AvgIpc) is 3.40. The summed E-state index contributed by atoms with van der Waals surface area (Å²) in [6.07, 6.45) is -0.478. The van der Waals surface area contributed by atoms with Gasteiger partial charge in [0.15, 0.2) is 0 Å². The first-order valence-corrected chi connectivity index (χ1v) is 11.8. The molecule has 2 saturated heterocycles. The molecule has 2 aliphatic rings. The summed E-state index contributed by atoms with van der Waals surface area (Å²) in [6, 6.07) is 19.1. The minimum absolute atomic E-state index is 0.0765. The maximum atomic E-state index is 11.9. The number of carbonyl (C=O) groups excluding carboxylic acids is 3. The molecule has 4 rings (SSSR count). The lowest BCUT2D eigenvalue weighted by Gasteiger charge is -2.21. The van der Waals surface area contributed by atoms with Crippen LogP contribution in [0.25, 0.3) is 0 Å². The highest BCUT2D eigenvalue weighted by Gasteiger charge is 2.38. The van der Waals surface area contributed by atoms with Crippen LogP contribution in [0.5, 0.6) is 0 Å². The molecule has 4 atom stereocenters. The van der Waals surface area contributed by atoms with E-state index in [4.69, 9.17) is 19.9 Å². The van der Waals surface area contributed by atoms with Crippen LogP contribution in [-0.4, -0.2) is 49.9 Å². The number of hydrogen-bond donors (Lipinski definition) is 2. The summed E-state index contributed by atoms with van der Waals surface area (Å²) >= 11 is 0. The fourth-order valence-corrected chi connectivity index (χ4v) is 4.18. The second-order valence-electron chi connectivity index (χ2n) is 9.68. The fraction of sp³-hybridized carbons (Fsp3) is 0.444. The molecule has 0 spiro atoms. The number of nitrogens with two attached hydrogens (primary N) is 1. The van der Waals surface area contributed by atoms with E-state index in [-0.39, 0.29) is 35.6 Å². The van der Waals surface area contributed by atoms with E-state index in [0.717, 1.165) is 11.1 Å². The van der Waals surface area contributed by atoms with Gasteiger partial charge in [0.25, 0.3) is 0 Å². The summed E-state index contributed by atoms with van der Waals surface area (Å²) in [7, 11) is 0. The van der Waals surface area contributed by atoms with Crippen molar-refractivity contribution in [3.8, 4) is 0 Å². The number of alkyl carbamates (subject to hydrolysis) is 1. The normalized spacial score (nSPS) is 23.5. The zero-order chi connectivity index (χ0) is 25.4. The molecule has 2 heterocycles. The highest BCUT2D eigenvalue weighted by atomic mass is 16.6. The minimum atomic E-state index is -0.537. The Labute approximate surface area is 206 Å². The first-order valence-electron chi connectivity index (χ1n) is 11.8. The van der Waals surface area contributed by atoms with Gasteiger partial charge in [0.2, 0.25) is 0 Å². The molecule has 8 nitrogen and oxygen atoms in total. The molecule has 2 fully saturated rings. The van der Waals surface area contributed by atoms with E-state index in [2.05, 4.69) is 5.32 Å². The molecular weight excluding hydrogens is 448 g/mol. The van der Waals surface area contributed by atoms with Crippen LogP contribution >= 0.6 is 0 Å². The van der Waals surface area contributed by atoms with Crippen LogP contribution in [0.2, 0.25) is 0 Å². The van der Waals surface area contributed by atoms with Crippen LogP contribution in [-0.2, 0) is 23.8 Å². The maximum Gasteiger partial charge on any atom is 0.407 e. The van der Waals surface area contributed by atoms with Gasteiger partial charge in [-0.05, 0) is 38.4 Å². The Hall–Kier alpha value is -3.39. The standard InChI is InChI=1S/C16H21NO4.C11H13NO2/c1-16(2,3)21-15(19)17-9-12-10-20-14(18)13(12)11-7-5-4-6-8-11;12-6-9-7-14-11(13)10(9)8-4-2-1-3-5-8/h4-8,12-13H,9-10H2,1-3H3,(H,17,19);1-5,9-10H,6-7,12H2. The van der Waals surface area contributed by atoms with Crippen molar-refractivity contribution >= 4 is 18.0 Å². The van der Waals surface area contributed by atoms with Gasteiger partial charge in [-0.3, -0.25) is 9.59 Å². The molecule has 188 valence electrons. The van der Waals surface area contributed by atoms with Gasteiger partial charge in [-0.15, -0.1) is 0 Å². The third kappa shape index (κ3) is 7.29. The van der Waals surface area contributed by atoms with Crippen molar-refractivity contribution in [1.29, 1.82) is 0 Å². The molecule has 2 aromatic carbocycles. The summed E-state index contributed by atoms with van der Waals surface area (Å²) in [6.45, 7) is 7.03. The van der Waals surface area contributed by atoms with E-state index < -0.39 is 11.7 Å².